The topological polar surface area (TPSA) is 98.7 Å². The molecule has 0 unspecified atom stereocenters. The SMILES string of the molecule is COc1nc(CNC(=O)/C=C/c2ccc3c(c2)OCO3)nc(N(C)C)n1. The van der Waals surface area contributed by atoms with Gasteiger partial charge in [0.25, 0.3) is 0 Å². The molecule has 0 atom stereocenters. The molecule has 0 bridgehead atoms. The zero-order chi connectivity index (χ0) is 18.5. The number of hydrogen-bond acceptors (Lipinski definition) is 8. The van der Waals surface area contributed by atoms with Gasteiger partial charge in [0.1, 0.15) is 0 Å². The van der Waals surface area contributed by atoms with Crippen molar-refractivity contribution in [3.63, 3.8) is 0 Å². The molecule has 1 N–H and O–H groups in total. The molecule has 0 radical (unpaired) electrons. The summed E-state index contributed by atoms with van der Waals surface area (Å²) in [6.45, 7) is 0.372. The number of benzene rings is 1. The highest BCUT2D eigenvalue weighted by atomic mass is 16.7. The third kappa shape index (κ3) is 4.18. The van der Waals surface area contributed by atoms with Crippen LogP contribution in [-0.4, -0.2) is 48.9 Å². The lowest BCUT2D eigenvalue weighted by Crippen LogP contribution is -2.23. The van der Waals surface area contributed by atoms with E-state index < -0.39 is 0 Å². The van der Waals surface area contributed by atoms with E-state index in [4.69, 9.17) is 14.2 Å². The molecular formula is C17H19N5O4. The molecule has 0 saturated heterocycles. The minimum atomic E-state index is -0.270. The molecule has 0 saturated carbocycles. The zero-order valence-corrected chi connectivity index (χ0v) is 14.7. The Morgan fingerprint density at radius 2 is 2.08 bits per heavy atom. The summed E-state index contributed by atoms with van der Waals surface area (Å²) in [6.07, 6.45) is 3.12. The summed E-state index contributed by atoms with van der Waals surface area (Å²) >= 11 is 0. The fourth-order valence-electron chi connectivity index (χ4n) is 2.17. The number of rotatable bonds is 6. The van der Waals surface area contributed by atoms with Crippen LogP contribution in [0.25, 0.3) is 6.08 Å². The van der Waals surface area contributed by atoms with Crippen LogP contribution in [0.2, 0.25) is 0 Å². The molecule has 3 rings (SSSR count). The number of fused-ring (bicyclic) bond motifs is 1. The van der Waals surface area contributed by atoms with Gasteiger partial charge in [-0.15, -0.1) is 0 Å². The summed E-state index contributed by atoms with van der Waals surface area (Å²) in [4.78, 5) is 26.3. The number of aromatic nitrogens is 3. The van der Waals surface area contributed by atoms with E-state index in [1.54, 1.807) is 17.0 Å². The van der Waals surface area contributed by atoms with Crippen molar-refractivity contribution in [1.82, 2.24) is 20.3 Å². The van der Waals surface area contributed by atoms with Crippen molar-refractivity contribution in [2.24, 2.45) is 0 Å². The van der Waals surface area contributed by atoms with E-state index in [1.807, 2.05) is 26.2 Å². The summed E-state index contributed by atoms with van der Waals surface area (Å²) in [7, 11) is 5.10. The highest BCUT2D eigenvalue weighted by Gasteiger charge is 2.12. The summed E-state index contributed by atoms with van der Waals surface area (Å²) in [5, 5.41) is 2.73. The van der Waals surface area contributed by atoms with Crippen molar-refractivity contribution in [3.05, 3.63) is 35.7 Å². The van der Waals surface area contributed by atoms with E-state index in [9.17, 15) is 4.79 Å². The number of carbonyl (C=O) groups is 1. The molecule has 2 heterocycles. The third-order valence-electron chi connectivity index (χ3n) is 3.48. The van der Waals surface area contributed by atoms with Crippen LogP contribution in [0.3, 0.4) is 0 Å². The van der Waals surface area contributed by atoms with Gasteiger partial charge in [0.05, 0.1) is 13.7 Å². The van der Waals surface area contributed by atoms with E-state index in [0.717, 1.165) is 5.56 Å². The van der Waals surface area contributed by atoms with Gasteiger partial charge >= 0.3 is 6.01 Å². The molecule has 26 heavy (non-hydrogen) atoms. The Morgan fingerprint density at radius 3 is 2.85 bits per heavy atom. The van der Waals surface area contributed by atoms with E-state index in [2.05, 4.69) is 20.3 Å². The summed E-state index contributed by atoms with van der Waals surface area (Å²) < 4.78 is 15.6. The van der Waals surface area contributed by atoms with E-state index in [0.29, 0.717) is 23.3 Å². The van der Waals surface area contributed by atoms with Gasteiger partial charge in [-0.25, -0.2) is 0 Å². The number of hydrogen-bond donors (Lipinski definition) is 1. The largest absolute Gasteiger partial charge is 0.467 e. The Hall–Kier alpha value is -3.36. The molecule has 9 heteroatoms. The molecule has 1 aliphatic rings. The Labute approximate surface area is 150 Å². The number of ether oxygens (including phenoxy) is 3. The average Bonchev–Trinajstić information content (AvgIpc) is 3.12. The van der Waals surface area contributed by atoms with Crippen molar-refractivity contribution in [1.29, 1.82) is 0 Å². The monoisotopic (exact) mass is 357 g/mol. The first-order chi connectivity index (χ1) is 12.5. The highest BCUT2D eigenvalue weighted by Crippen LogP contribution is 2.32. The van der Waals surface area contributed by atoms with E-state index in [-0.39, 0.29) is 25.3 Å². The minimum Gasteiger partial charge on any atom is -0.467 e. The van der Waals surface area contributed by atoms with Gasteiger partial charge in [-0.3, -0.25) is 4.79 Å². The fraction of sp³-hybridized carbons (Fsp3) is 0.294. The summed E-state index contributed by atoms with van der Waals surface area (Å²) in [6, 6.07) is 5.66. The Balaban J connectivity index is 1.61. The molecule has 1 amide bonds. The normalized spacial score (nSPS) is 12.3. The lowest BCUT2D eigenvalue weighted by Gasteiger charge is -2.12. The van der Waals surface area contributed by atoms with Crippen LogP contribution in [0.5, 0.6) is 17.5 Å². The average molecular weight is 357 g/mol. The number of nitrogens with one attached hydrogen (secondary N) is 1. The van der Waals surface area contributed by atoms with Gasteiger partial charge in [-0.05, 0) is 23.8 Å². The predicted octanol–water partition coefficient (Wildman–Crippen LogP) is 1.00. The molecule has 0 aliphatic carbocycles. The Kier molecular flexibility index (Phi) is 5.16. The van der Waals surface area contributed by atoms with Gasteiger partial charge in [0, 0.05) is 20.2 Å². The van der Waals surface area contributed by atoms with Crippen molar-refractivity contribution < 1.29 is 19.0 Å². The minimum absolute atomic E-state index is 0.157. The number of carbonyl (C=O) groups excluding carboxylic acids is 1. The number of methoxy groups -OCH3 is 1. The van der Waals surface area contributed by atoms with Gasteiger partial charge in [0.2, 0.25) is 18.6 Å². The Morgan fingerprint density at radius 1 is 1.27 bits per heavy atom. The first-order valence-corrected chi connectivity index (χ1v) is 7.87. The van der Waals surface area contributed by atoms with E-state index >= 15 is 0 Å². The summed E-state index contributed by atoms with van der Waals surface area (Å²) in [5.41, 5.74) is 0.834. The van der Waals surface area contributed by atoms with Crippen LogP contribution >= 0.6 is 0 Å². The predicted molar refractivity (Wildman–Crippen MR) is 94.2 cm³/mol. The maximum absolute atomic E-state index is 12.0. The van der Waals surface area contributed by atoms with Crippen LogP contribution in [-0.2, 0) is 11.3 Å². The van der Waals surface area contributed by atoms with Gasteiger partial charge in [0.15, 0.2) is 17.3 Å². The number of amides is 1. The molecule has 0 fully saturated rings. The molecule has 2 aromatic rings. The van der Waals surface area contributed by atoms with Crippen molar-refractivity contribution in [3.8, 4) is 17.5 Å². The molecule has 1 aliphatic heterocycles. The lowest BCUT2D eigenvalue weighted by atomic mass is 10.2. The third-order valence-corrected chi connectivity index (χ3v) is 3.48. The summed E-state index contributed by atoms with van der Waals surface area (Å²) in [5.74, 6) is 1.96. The molecule has 0 spiro atoms. The second kappa shape index (κ2) is 7.68. The van der Waals surface area contributed by atoms with Gasteiger partial charge in [-0.1, -0.05) is 6.07 Å². The zero-order valence-electron chi connectivity index (χ0n) is 14.7. The molecule has 136 valence electrons. The quantitative estimate of drug-likeness (QED) is 0.765. The maximum atomic E-state index is 12.0. The van der Waals surface area contributed by atoms with Crippen LogP contribution in [0.4, 0.5) is 5.95 Å². The second-order valence-electron chi connectivity index (χ2n) is 5.60. The first kappa shape index (κ1) is 17.5. The number of anilines is 1. The molecule has 9 nitrogen and oxygen atoms in total. The van der Waals surface area contributed by atoms with Crippen molar-refractivity contribution >= 4 is 17.9 Å². The van der Waals surface area contributed by atoms with Crippen molar-refractivity contribution in [2.45, 2.75) is 6.54 Å². The molecular weight excluding hydrogens is 338 g/mol. The van der Waals surface area contributed by atoms with Gasteiger partial charge in [-0.2, -0.15) is 15.0 Å². The number of nitrogens with zero attached hydrogens (tertiary/aromatic N) is 4. The molecule has 1 aromatic heterocycles. The standard InChI is InChI=1S/C17H19N5O4/c1-22(2)16-19-14(20-17(21-16)24-3)9-18-15(23)7-5-11-4-6-12-13(8-11)26-10-25-12/h4-8H,9-10H2,1-3H3,(H,18,23)/b7-5+. The van der Waals surface area contributed by atoms with Crippen LogP contribution in [0.1, 0.15) is 11.4 Å². The first-order valence-electron chi connectivity index (χ1n) is 7.87. The highest BCUT2D eigenvalue weighted by molar-refractivity contribution is 5.91. The second-order valence-corrected chi connectivity index (χ2v) is 5.60. The maximum Gasteiger partial charge on any atom is 0.321 e. The van der Waals surface area contributed by atoms with Crippen molar-refractivity contribution in [2.75, 3.05) is 32.9 Å². The van der Waals surface area contributed by atoms with Crippen LogP contribution in [0.15, 0.2) is 24.3 Å². The fourth-order valence-corrected chi connectivity index (χ4v) is 2.17. The van der Waals surface area contributed by atoms with Gasteiger partial charge < -0.3 is 24.4 Å². The Bertz CT molecular complexity index is 838. The smallest absolute Gasteiger partial charge is 0.321 e. The van der Waals surface area contributed by atoms with E-state index in [1.165, 1.54) is 13.2 Å². The van der Waals surface area contributed by atoms with Crippen LogP contribution in [0, 0.1) is 0 Å². The molecule has 1 aromatic carbocycles. The van der Waals surface area contributed by atoms with Crippen LogP contribution < -0.4 is 24.4 Å². The lowest BCUT2D eigenvalue weighted by molar-refractivity contribution is -0.116.